The molecule has 0 aromatic heterocycles. The minimum atomic E-state index is -0.324. The first-order valence-corrected chi connectivity index (χ1v) is 9.67. The number of carbonyl (C=O) groups is 1. The second-order valence-corrected chi connectivity index (χ2v) is 7.33. The number of aryl methyl sites for hydroxylation is 2. The number of rotatable bonds is 4. The molecule has 0 bridgehead atoms. The Balaban J connectivity index is 2.27. The van der Waals surface area contributed by atoms with E-state index in [-0.39, 0.29) is 12.0 Å². The van der Waals surface area contributed by atoms with Crippen molar-refractivity contribution in [1.29, 1.82) is 5.26 Å². The monoisotopic (exact) mass is 377 g/mol. The average Bonchev–Trinajstić information content (AvgIpc) is 2.71. The predicted molar refractivity (Wildman–Crippen MR) is 111 cm³/mol. The van der Waals surface area contributed by atoms with Gasteiger partial charge in [0.05, 0.1) is 23.9 Å². The van der Waals surface area contributed by atoms with Crippen LogP contribution < -0.4 is 10.2 Å². The van der Waals surface area contributed by atoms with Crippen LogP contribution in [0.1, 0.15) is 45.5 Å². The minimum absolute atomic E-state index is 0.251. The number of piperidine rings is 1. The molecule has 3 rings (SSSR count). The fraction of sp³-hybridized carbons (Fsp3) is 0.391. The molecule has 0 saturated carbocycles. The number of methoxy groups -OCH3 is 1. The molecule has 146 valence electrons. The van der Waals surface area contributed by atoms with Crippen LogP contribution in [0.15, 0.2) is 30.3 Å². The summed E-state index contributed by atoms with van der Waals surface area (Å²) < 4.78 is 5.05. The number of nitrogens with zero attached hydrogens (tertiary/aromatic N) is 2. The van der Waals surface area contributed by atoms with Gasteiger partial charge in [-0.1, -0.05) is 18.2 Å². The third-order valence-corrected chi connectivity index (χ3v) is 5.52. The number of ether oxygens (including phenoxy) is 1. The van der Waals surface area contributed by atoms with Crippen molar-refractivity contribution in [3.8, 4) is 6.07 Å². The molecule has 1 heterocycles. The Labute approximate surface area is 166 Å². The van der Waals surface area contributed by atoms with E-state index in [0.717, 1.165) is 54.0 Å². The molecule has 1 fully saturated rings. The van der Waals surface area contributed by atoms with Crippen LogP contribution in [0, 0.1) is 32.1 Å². The van der Waals surface area contributed by atoms with E-state index in [9.17, 15) is 10.1 Å². The first kappa shape index (κ1) is 19.9. The molecule has 0 atom stereocenters. The maximum Gasteiger partial charge on any atom is 0.338 e. The first-order valence-electron chi connectivity index (χ1n) is 9.67. The Morgan fingerprint density at radius 2 is 1.86 bits per heavy atom. The van der Waals surface area contributed by atoms with Gasteiger partial charge in [-0.15, -0.1) is 0 Å². The summed E-state index contributed by atoms with van der Waals surface area (Å²) in [4.78, 5) is 14.7. The van der Waals surface area contributed by atoms with E-state index >= 15 is 0 Å². The summed E-state index contributed by atoms with van der Waals surface area (Å²) in [6, 6.07) is 12.3. The van der Waals surface area contributed by atoms with Crippen molar-refractivity contribution in [3.05, 3.63) is 58.1 Å². The molecule has 0 radical (unpaired) electrons. The number of esters is 1. The van der Waals surface area contributed by atoms with E-state index < -0.39 is 0 Å². The summed E-state index contributed by atoms with van der Waals surface area (Å²) in [5.74, 6) is -0.324. The van der Waals surface area contributed by atoms with Gasteiger partial charge in [-0.05, 0) is 75.5 Å². The van der Waals surface area contributed by atoms with E-state index in [1.165, 1.54) is 7.11 Å². The third kappa shape index (κ3) is 3.61. The average molecular weight is 377 g/mol. The van der Waals surface area contributed by atoms with Crippen molar-refractivity contribution in [1.82, 2.24) is 5.32 Å². The van der Waals surface area contributed by atoms with Gasteiger partial charge < -0.3 is 15.0 Å². The van der Waals surface area contributed by atoms with Gasteiger partial charge >= 0.3 is 5.97 Å². The van der Waals surface area contributed by atoms with Crippen molar-refractivity contribution >= 4 is 17.3 Å². The summed E-state index contributed by atoms with van der Waals surface area (Å²) in [5, 5.41) is 13.1. The SMILES string of the molecule is COC(=O)c1c(C)cc(C)c(N(c2ccccc2C#N)C2CCNCC2)c1C. The van der Waals surface area contributed by atoms with E-state index in [1.807, 2.05) is 44.2 Å². The van der Waals surface area contributed by atoms with Crippen LogP contribution in [0.4, 0.5) is 11.4 Å². The Hall–Kier alpha value is -2.84. The zero-order chi connectivity index (χ0) is 20.3. The highest BCUT2D eigenvalue weighted by molar-refractivity contribution is 5.95. The second-order valence-electron chi connectivity index (χ2n) is 7.33. The summed E-state index contributed by atoms with van der Waals surface area (Å²) in [5.41, 5.74) is 6.04. The molecule has 5 heteroatoms. The lowest BCUT2D eigenvalue weighted by Gasteiger charge is -2.39. The second kappa shape index (κ2) is 8.45. The zero-order valence-electron chi connectivity index (χ0n) is 17.0. The minimum Gasteiger partial charge on any atom is -0.465 e. The van der Waals surface area contributed by atoms with Gasteiger partial charge in [0, 0.05) is 11.7 Å². The molecule has 1 aliphatic rings. The molecule has 5 nitrogen and oxygen atoms in total. The maximum absolute atomic E-state index is 12.5. The highest BCUT2D eigenvalue weighted by Crippen LogP contribution is 2.39. The predicted octanol–water partition coefficient (Wildman–Crippen LogP) is 4.16. The fourth-order valence-corrected chi connectivity index (χ4v) is 4.30. The molecule has 2 aromatic rings. The molecule has 0 spiro atoms. The summed E-state index contributed by atoms with van der Waals surface area (Å²) in [6.07, 6.45) is 1.94. The number of hydrogen-bond acceptors (Lipinski definition) is 5. The summed E-state index contributed by atoms with van der Waals surface area (Å²) in [7, 11) is 1.41. The number of nitriles is 1. The number of benzene rings is 2. The van der Waals surface area contributed by atoms with Crippen molar-refractivity contribution in [2.24, 2.45) is 0 Å². The molecule has 1 saturated heterocycles. The van der Waals surface area contributed by atoms with Gasteiger partial charge in [0.15, 0.2) is 0 Å². The number of carbonyl (C=O) groups excluding carboxylic acids is 1. The Kier molecular flexibility index (Phi) is 6.01. The van der Waals surface area contributed by atoms with Gasteiger partial charge in [-0.2, -0.15) is 5.26 Å². The number of hydrogen-bond donors (Lipinski definition) is 1. The maximum atomic E-state index is 12.5. The molecule has 28 heavy (non-hydrogen) atoms. The van der Waals surface area contributed by atoms with Crippen LogP contribution in [0.25, 0.3) is 0 Å². The molecular weight excluding hydrogens is 350 g/mol. The van der Waals surface area contributed by atoms with Crippen LogP contribution in [0.2, 0.25) is 0 Å². The summed E-state index contributed by atoms with van der Waals surface area (Å²) in [6.45, 7) is 7.85. The van der Waals surface area contributed by atoms with Crippen molar-refractivity contribution in [3.63, 3.8) is 0 Å². The van der Waals surface area contributed by atoms with E-state index in [1.54, 1.807) is 0 Å². The molecule has 1 N–H and O–H groups in total. The molecule has 2 aromatic carbocycles. The van der Waals surface area contributed by atoms with Gasteiger partial charge in [-0.3, -0.25) is 0 Å². The molecule has 0 amide bonds. The number of para-hydroxylation sites is 1. The third-order valence-electron chi connectivity index (χ3n) is 5.52. The lowest BCUT2D eigenvalue weighted by molar-refractivity contribution is 0.0599. The molecular formula is C23H27N3O2. The first-order chi connectivity index (χ1) is 13.5. The van der Waals surface area contributed by atoms with Gasteiger partial charge in [0.2, 0.25) is 0 Å². The fourth-order valence-electron chi connectivity index (χ4n) is 4.30. The van der Waals surface area contributed by atoms with Crippen LogP contribution in [0.5, 0.6) is 0 Å². The highest BCUT2D eigenvalue weighted by Gasteiger charge is 2.29. The highest BCUT2D eigenvalue weighted by atomic mass is 16.5. The standard InChI is InChI=1S/C23H27N3O2/c1-15-13-16(2)22(17(3)21(15)23(27)28-4)26(19-9-11-25-12-10-19)20-8-6-5-7-18(20)14-24/h5-8,13,19,25H,9-12H2,1-4H3. The molecule has 0 unspecified atom stereocenters. The van der Waals surface area contributed by atoms with Crippen LogP contribution in [0.3, 0.4) is 0 Å². The summed E-state index contributed by atoms with van der Waals surface area (Å²) >= 11 is 0. The largest absolute Gasteiger partial charge is 0.465 e. The Morgan fingerprint density at radius 3 is 2.50 bits per heavy atom. The van der Waals surface area contributed by atoms with Gasteiger partial charge in [-0.25, -0.2) is 4.79 Å². The Morgan fingerprint density at radius 1 is 1.18 bits per heavy atom. The normalized spacial score (nSPS) is 14.4. The van der Waals surface area contributed by atoms with E-state index in [2.05, 4.69) is 23.2 Å². The quantitative estimate of drug-likeness (QED) is 0.811. The lowest BCUT2D eigenvalue weighted by atomic mass is 9.93. The van der Waals surface area contributed by atoms with Crippen molar-refractivity contribution in [2.75, 3.05) is 25.1 Å². The number of anilines is 2. The lowest BCUT2D eigenvalue weighted by Crippen LogP contribution is -2.41. The van der Waals surface area contributed by atoms with Gasteiger partial charge in [0.25, 0.3) is 0 Å². The van der Waals surface area contributed by atoms with Gasteiger partial charge in [0.1, 0.15) is 6.07 Å². The van der Waals surface area contributed by atoms with Crippen molar-refractivity contribution < 1.29 is 9.53 Å². The van der Waals surface area contributed by atoms with Crippen LogP contribution >= 0.6 is 0 Å². The number of nitrogens with one attached hydrogen (secondary N) is 1. The Bertz CT molecular complexity index is 924. The molecule has 1 aliphatic heterocycles. The molecule has 0 aliphatic carbocycles. The van der Waals surface area contributed by atoms with E-state index in [0.29, 0.717) is 11.1 Å². The van der Waals surface area contributed by atoms with Crippen LogP contribution in [-0.2, 0) is 4.74 Å². The zero-order valence-corrected chi connectivity index (χ0v) is 17.0. The smallest absolute Gasteiger partial charge is 0.338 e. The van der Waals surface area contributed by atoms with Crippen LogP contribution in [-0.4, -0.2) is 32.2 Å². The topological polar surface area (TPSA) is 65.4 Å². The van der Waals surface area contributed by atoms with Crippen molar-refractivity contribution in [2.45, 2.75) is 39.7 Å². The van der Waals surface area contributed by atoms with E-state index in [4.69, 9.17) is 4.74 Å².